The summed E-state index contributed by atoms with van der Waals surface area (Å²) in [5.74, 6) is -1.54. The van der Waals surface area contributed by atoms with Crippen molar-refractivity contribution in [3.05, 3.63) is 58.7 Å². The van der Waals surface area contributed by atoms with Crippen molar-refractivity contribution in [3.63, 3.8) is 0 Å². The monoisotopic (exact) mass is 431 g/mol. The maximum atomic E-state index is 12.4. The number of sulfone groups is 1. The summed E-state index contributed by atoms with van der Waals surface area (Å²) in [6, 6.07) is 10.7. The minimum atomic E-state index is -3.60. The molecular weight excluding hydrogens is 402 g/mol. The first-order valence-corrected chi connectivity index (χ1v) is 11.7. The number of aryl methyl sites for hydroxylation is 4. The Morgan fingerprint density at radius 2 is 1.60 bits per heavy atom. The highest BCUT2D eigenvalue weighted by Crippen LogP contribution is 2.22. The smallest absolute Gasteiger partial charge is 0.307 e. The molecule has 0 spiro atoms. The Morgan fingerprint density at radius 3 is 2.17 bits per heavy atom. The molecule has 6 nitrogen and oxygen atoms in total. The molecule has 1 N–H and O–H groups in total. The van der Waals surface area contributed by atoms with E-state index in [-0.39, 0.29) is 17.1 Å². The zero-order valence-corrected chi connectivity index (χ0v) is 18.8. The summed E-state index contributed by atoms with van der Waals surface area (Å²) in [6.07, 6.45) is 1.22. The van der Waals surface area contributed by atoms with Crippen molar-refractivity contribution in [1.29, 1.82) is 0 Å². The molecule has 7 heteroatoms. The molecule has 0 aromatic heterocycles. The van der Waals surface area contributed by atoms with E-state index in [1.807, 2.05) is 45.9 Å². The fourth-order valence-electron chi connectivity index (χ4n) is 3.04. The highest BCUT2D eigenvalue weighted by Gasteiger charge is 2.19. The minimum Gasteiger partial charge on any atom is -0.456 e. The van der Waals surface area contributed by atoms with Crippen molar-refractivity contribution >= 4 is 27.4 Å². The molecule has 2 rings (SSSR count). The minimum absolute atomic E-state index is 0.180. The van der Waals surface area contributed by atoms with E-state index in [0.717, 1.165) is 40.8 Å². The van der Waals surface area contributed by atoms with Gasteiger partial charge in [0, 0.05) is 5.69 Å². The quantitative estimate of drug-likeness (QED) is 0.611. The predicted octanol–water partition coefficient (Wildman–Crippen LogP) is 3.77. The summed E-state index contributed by atoms with van der Waals surface area (Å²) in [4.78, 5) is 24.4. The number of ether oxygens (including phenoxy) is 1. The van der Waals surface area contributed by atoms with E-state index in [1.165, 1.54) is 6.07 Å². The van der Waals surface area contributed by atoms with Crippen LogP contribution in [0.1, 0.15) is 42.5 Å². The Morgan fingerprint density at radius 1 is 0.967 bits per heavy atom. The van der Waals surface area contributed by atoms with Gasteiger partial charge in [0.05, 0.1) is 17.1 Å². The third kappa shape index (κ3) is 6.16. The van der Waals surface area contributed by atoms with Crippen molar-refractivity contribution in [2.45, 2.75) is 51.9 Å². The van der Waals surface area contributed by atoms with Crippen LogP contribution >= 0.6 is 0 Å². The van der Waals surface area contributed by atoms with Crippen LogP contribution in [0.25, 0.3) is 0 Å². The van der Waals surface area contributed by atoms with Crippen LogP contribution in [-0.4, -0.2) is 32.7 Å². The van der Waals surface area contributed by atoms with Gasteiger partial charge in [-0.15, -0.1) is 0 Å². The summed E-state index contributed by atoms with van der Waals surface area (Å²) in [7, 11) is -3.60. The second kappa shape index (κ2) is 10.4. The molecule has 1 amide bonds. The Balaban J connectivity index is 1.90. The van der Waals surface area contributed by atoms with E-state index in [0.29, 0.717) is 0 Å². The van der Waals surface area contributed by atoms with Gasteiger partial charge in [0.15, 0.2) is 16.4 Å². The second-order valence-electron chi connectivity index (χ2n) is 7.18. The lowest BCUT2D eigenvalue weighted by atomic mass is 10.0. The molecule has 0 heterocycles. The molecule has 0 saturated heterocycles. The van der Waals surface area contributed by atoms with E-state index in [9.17, 15) is 18.0 Å². The number of amides is 1. The molecule has 2 aromatic carbocycles. The highest BCUT2D eigenvalue weighted by atomic mass is 32.2. The summed E-state index contributed by atoms with van der Waals surface area (Å²) < 4.78 is 29.8. The number of carbonyl (C=O) groups excluding carboxylic acids is 2. The number of carbonyl (C=O) groups is 2. The molecule has 0 aliphatic carbocycles. The van der Waals surface area contributed by atoms with Crippen LogP contribution in [0.15, 0.2) is 41.3 Å². The first-order valence-electron chi connectivity index (χ1n) is 10.0. The van der Waals surface area contributed by atoms with E-state index >= 15 is 0 Å². The molecule has 2 aromatic rings. The molecule has 0 aliphatic heterocycles. The van der Waals surface area contributed by atoms with Crippen molar-refractivity contribution in [2.24, 2.45) is 0 Å². The van der Waals surface area contributed by atoms with Gasteiger partial charge in [0.2, 0.25) is 0 Å². The van der Waals surface area contributed by atoms with Gasteiger partial charge in [-0.05, 0) is 61.1 Å². The normalized spacial score (nSPS) is 11.2. The average Bonchev–Trinajstić information content (AvgIpc) is 2.72. The SMILES string of the molecule is CCc1cccc(CC)c1NC(=O)COC(=O)CCS(=O)(=O)c1ccc(C)c(C)c1. The molecule has 0 fully saturated rings. The number of para-hydroxylation sites is 1. The zero-order chi connectivity index (χ0) is 22.3. The number of rotatable bonds is 9. The van der Waals surface area contributed by atoms with Gasteiger partial charge in [-0.2, -0.15) is 0 Å². The molecule has 0 bridgehead atoms. The van der Waals surface area contributed by atoms with Crippen LogP contribution in [0, 0.1) is 13.8 Å². The molecule has 0 radical (unpaired) electrons. The summed E-state index contributed by atoms with van der Waals surface area (Å²) >= 11 is 0. The molecule has 0 saturated carbocycles. The van der Waals surface area contributed by atoms with Gasteiger partial charge in [-0.25, -0.2) is 8.42 Å². The fourth-order valence-corrected chi connectivity index (χ4v) is 4.34. The van der Waals surface area contributed by atoms with E-state index in [4.69, 9.17) is 4.74 Å². The Labute approximate surface area is 178 Å². The molecule has 0 unspecified atom stereocenters. The molecule has 162 valence electrons. The first-order chi connectivity index (χ1) is 14.2. The lowest BCUT2D eigenvalue weighted by Crippen LogP contribution is -2.23. The van der Waals surface area contributed by atoms with Crippen LogP contribution < -0.4 is 5.32 Å². The maximum absolute atomic E-state index is 12.4. The van der Waals surface area contributed by atoms with E-state index in [2.05, 4.69) is 5.32 Å². The number of hydrogen-bond donors (Lipinski definition) is 1. The van der Waals surface area contributed by atoms with E-state index < -0.39 is 28.3 Å². The Bertz CT molecular complexity index is 1010. The average molecular weight is 432 g/mol. The van der Waals surface area contributed by atoms with Gasteiger partial charge < -0.3 is 10.1 Å². The van der Waals surface area contributed by atoms with Gasteiger partial charge in [0.1, 0.15) is 0 Å². The molecule has 0 atom stereocenters. The lowest BCUT2D eigenvalue weighted by molar-refractivity contribution is -0.146. The van der Waals surface area contributed by atoms with Crippen molar-refractivity contribution in [2.75, 3.05) is 17.7 Å². The van der Waals surface area contributed by atoms with Crippen LogP contribution in [0.2, 0.25) is 0 Å². The lowest BCUT2D eigenvalue weighted by Gasteiger charge is -2.14. The van der Waals surface area contributed by atoms with Gasteiger partial charge in [0.25, 0.3) is 5.91 Å². The van der Waals surface area contributed by atoms with E-state index in [1.54, 1.807) is 12.1 Å². The number of esters is 1. The van der Waals surface area contributed by atoms with Crippen molar-refractivity contribution < 1.29 is 22.7 Å². The molecule has 30 heavy (non-hydrogen) atoms. The fraction of sp³-hybridized carbons (Fsp3) is 0.391. The van der Waals surface area contributed by atoms with Gasteiger partial charge in [-0.1, -0.05) is 38.1 Å². The predicted molar refractivity (Wildman–Crippen MR) is 117 cm³/mol. The van der Waals surface area contributed by atoms with Gasteiger partial charge in [-0.3, -0.25) is 9.59 Å². The topological polar surface area (TPSA) is 89.5 Å². The second-order valence-corrected chi connectivity index (χ2v) is 9.29. The standard InChI is InChI=1S/C23H29NO5S/c1-5-18-8-7-9-19(6-2)23(18)24-21(25)15-29-22(26)12-13-30(27,28)20-11-10-16(3)17(4)14-20/h7-11,14H,5-6,12-13,15H2,1-4H3,(H,24,25). The maximum Gasteiger partial charge on any atom is 0.307 e. The van der Waals surface area contributed by atoms with Crippen molar-refractivity contribution in [1.82, 2.24) is 0 Å². The number of hydrogen-bond acceptors (Lipinski definition) is 5. The molecular formula is C23H29NO5S. The van der Waals surface area contributed by atoms with Crippen molar-refractivity contribution in [3.8, 4) is 0 Å². The Hall–Kier alpha value is -2.67. The Kier molecular flexibility index (Phi) is 8.17. The first kappa shape index (κ1) is 23.6. The third-order valence-electron chi connectivity index (χ3n) is 5.04. The van der Waals surface area contributed by atoms with Crippen LogP contribution in [0.5, 0.6) is 0 Å². The van der Waals surface area contributed by atoms with Gasteiger partial charge >= 0.3 is 5.97 Å². The summed E-state index contributed by atoms with van der Waals surface area (Å²) in [6.45, 7) is 7.28. The molecule has 0 aliphatic rings. The summed E-state index contributed by atoms with van der Waals surface area (Å²) in [5.41, 5.74) is 4.63. The van der Waals surface area contributed by atoms with Crippen LogP contribution in [-0.2, 0) is 37.0 Å². The number of nitrogens with one attached hydrogen (secondary N) is 1. The summed E-state index contributed by atoms with van der Waals surface area (Å²) in [5, 5.41) is 2.81. The largest absolute Gasteiger partial charge is 0.456 e. The number of benzene rings is 2. The number of anilines is 1. The highest BCUT2D eigenvalue weighted by molar-refractivity contribution is 7.91. The van der Waals surface area contributed by atoms with Crippen LogP contribution in [0.3, 0.4) is 0 Å². The zero-order valence-electron chi connectivity index (χ0n) is 17.9. The third-order valence-corrected chi connectivity index (χ3v) is 6.75. The van der Waals surface area contributed by atoms with Crippen LogP contribution in [0.4, 0.5) is 5.69 Å².